The molecule has 0 saturated heterocycles. The predicted octanol–water partition coefficient (Wildman–Crippen LogP) is 5.66. The van der Waals surface area contributed by atoms with Gasteiger partial charge in [-0.05, 0) is 62.9 Å². The number of hydrogen-bond acceptors (Lipinski definition) is 4. The first kappa shape index (κ1) is 23.6. The molecule has 0 aliphatic carbocycles. The molecule has 1 aliphatic heterocycles. The van der Waals surface area contributed by atoms with Crippen LogP contribution in [0.1, 0.15) is 56.8 Å². The third-order valence-corrected chi connectivity index (χ3v) is 6.05. The van der Waals surface area contributed by atoms with Crippen LogP contribution in [0, 0.1) is 19.8 Å². The van der Waals surface area contributed by atoms with E-state index in [2.05, 4.69) is 18.7 Å². The van der Waals surface area contributed by atoms with Crippen LogP contribution in [0.15, 0.2) is 53.8 Å². The molecule has 3 rings (SSSR count). The van der Waals surface area contributed by atoms with Crippen LogP contribution in [0.5, 0.6) is 0 Å². The molecule has 2 aromatic rings. The fourth-order valence-electron chi connectivity index (χ4n) is 4.47. The smallest absolute Gasteiger partial charge is 0.294 e. The van der Waals surface area contributed by atoms with Gasteiger partial charge in [-0.25, -0.2) is 0 Å². The summed E-state index contributed by atoms with van der Waals surface area (Å²) in [4.78, 5) is 30.2. The Bertz CT molecular complexity index is 1030. The molecule has 0 radical (unpaired) electrons. The van der Waals surface area contributed by atoms with E-state index in [4.69, 9.17) is 0 Å². The van der Waals surface area contributed by atoms with Gasteiger partial charge in [0.2, 0.25) is 0 Å². The molecule has 0 aromatic heterocycles. The second-order valence-electron chi connectivity index (χ2n) is 8.91. The number of aryl methyl sites for hydroxylation is 2. The van der Waals surface area contributed by atoms with Crippen LogP contribution >= 0.6 is 0 Å². The normalized spacial score (nSPS) is 16.3. The van der Waals surface area contributed by atoms with Crippen molar-refractivity contribution in [3.63, 3.8) is 0 Å². The Morgan fingerprint density at radius 2 is 1.69 bits per heavy atom. The highest BCUT2D eigenvalue weighted by Gasteiger charge is 2.44. The summed E-state index contributed by atoms with van der Waals surface area (Å²) >= 11 is 0. The summed E-state index contributed by atoms with van der Waals surface area (Å²) in [6.07, 6.45) is 0.279. The van der Waals surface area contributed by atoms with E-state index in [1.165, 1.54) is 0 Å². The van der Waals surface area contributed by atoms with E-state index in [-0.39, 0.29) is 23.7 Å². The summed E-state index contributed by atoms with van der Waals surface area (Å²) < 4.78 is 0. The van der Waals surface area contributed by atoms with E-state index in [0.29, 0.717) is 5.69 Å². The minimum absolute atomic E-state index is 0.124. The van der Waals surface area contributed by atoms with Crippen molar-refractivity contribution in [2.45, 2.75) is 54.0 Å². The lowest BCUT2D eigenvalue weighted by Crippen LogP contribution is -2.31. The summed E-state index contributed by atoms with van der Waals surface area (Å²) in [7, 11) is 0. The Morgan fingerprint density at radius 3 is 2.22 bits per heavy atom. The topological polar surface area (TPSA) is 60.9 Å². The standard InChI is InChI=1S/C27H34N2O3/c1-7-28(8-2)21-12-10-20(11-13-21)25-24(23(30)15-17(3)4)26(31)27(32)29(25)22-14-9-18(5)16-19(22)6/h9-14,16-17,25,31H,7-8,15H2,1-6H3. The number of rotatable bonds is 8. The molecule has 32 heavy (non-hydrogen) atoms. The van der Waals surface area contributed by atoms with Crippen LogP contribution in [0.4, 0.5) is 11.4 Å². The molecule has 170 valence electrons. The molecular formula is C27H34N2O3. The minimum atomic E-state index is -0.652. The van der Waals surface area contributed by atoms with E-state index in [1.807, 2.05) is 70.2 Å². The molecule has 1 aliphatic rings. The molecular weight excluding hydrogens is 400 g/mol. The van der Waals surface area contributed by atoms with Crippen molar-refractivity contribution in [1.29, 1.82) is 0 Å². The Balaban J connectivity index is 2.14. The highest BCUT2D eigenvalue weighted by Crippen LogP contribution is 2.43. The summed E-state index contributed by atoms with van der Waals surface area (Å²) in [5.74, 6) is -1.02. The van der Waals surface area contributed by atoms with Crippen LogP contribution in [0.3, 0.4) is 0 Å². The van der Waals surface area contributed by atoms with E-state index >= 15 is 0 Å². The van der Waals surface area contributed by atoms with E-state index in [9.17, 15) is 14.7 Å². The van der Waals surface area contributed by atoms with Crippen molar-refractivity contribution < 1.29 is 14.7 Å². The number of aliphatic hydroxyl groups excluding tert-OH is 1. The summed E-state index contributed by atoms with van der Waals surface area (Å²) in [5.41, 5.74) is 4.81. The number of nitrogens with zero attached hydrogens (tertiary/aromatic N) is 2. The molecule has 2 aromatic carbocycles. The molecule has 5 heteroatoms. The fourth-order valence-corrected chi connectivity index (χ4v) is 4.47. The van der Waals surface area contributed by atoms with Gasteiger partial charge in [-0.3, -0.25) is 14.5 Å². The van der Waals surface area contributed by atoms with Crippen molar-refractivity contribution in [2.75, 3.05) is 22.9 Å². The molecule has 5 nitrogen and oxygen atoms in total. The minimum Gasteiger partial charge on any atom is -0.503 e. The Kier molecular flexibility index (Phi) is 7.07. The zero-order valence-corrected chi connectivity index (χ0v) is 20.0. The van der Waals surface area contributed by atoms with Crippen molar-refractivity contribution in [3.05, 3.63) is 70.5 Å². The van der Waals surface area contributed by atoms with Gasteiger partial charge in [0.15, 0.2) is 11.5 Å². The van der Waals surface area contributed by atoms with Crippen molar-refractivity contribution in [1.82, 2.24) is 0 Å². The predicted molar refractivity (Wildman–Crippen MR) is 130 cm³/mol. The van der Waals surface area contributed by atoms with Gasteiger partial charge in [0.05, 0.1) is 11.6 Å². The molecule has 0 saturated carbocycles. The lowest BCUT2D eigenvalue weighted by molar-refractivity contribution is -0.118. The molecule has 0 bridgehead atoms. The van der Waals surface area contributed by atoms with Gasteiger partial charge in [-0.1, -0.05) is 43.7 Å². The molecule has 0 spiro atoms. The number of anilines is 2. The van der Waals surface area contributed by atoms with Gasteiger partial charge in [-0.2, -0.15) is 0 Å². The van der Waals surface area contributed by atoms with E-state index in [0.717, 1.165) is 35.5 Å². The number of amides is 1. The molecule has 1 unspecified atom stereocenters. The molecule has 1 atom stereocenters. The molecule has 0 fully saturated rings. The lowest BCUT2D eigenvalue weighted by atomic mass is 9.91. The molecule has 1 N–H and O–H groups in total. The first-order chi connectivity index (χ1) is 15.2. The quantitative estimate of drug-likeness (QED) is 0.582. The number of Topliss-reactive ketones (excluding diaryl/α,β-unsaturated/α-hetero) is 1. The maximum absolute atomic E-state index is 13.3. The zero-order chi connectivity index (χ0) is 23.6. The first-order valence-electron chi connectivity index (χ1n) is 11.4. The number of ketones is 1. The van der Waals surface area contributed by atoms with E-state index < -0.39 is 17.7 Å². The van der Waals surface area contributed by atoms with Crippen molar-refractivity contribution in [2.24, 2.45) is 5.92 Å². The Labute approximate surface area is 191 Å². The maximum Gasteiger partial charge on any atom is 0.294 e. The number of aliphatic hydroxyl groups is 1. The van der Waals surface area contributed by atoms with Crippen LogP contribution in [-0.2, 0) is 9.59 Å². The lowest BCUT2D eigenvalue weighted by Gasteiger charge is -2.29. The van der Waals surface area contributed by atoms with Crippen LogP contribution < -0.4 is 9.80 Å². The van der Waals surface area contributed by atoms with Crippen LogP contribution in [0.2, 0.25) is 0 Å². The van der Waals surface area contributed by atoms with Crippen LogP contribution in [-0.4, -0.2) is 29.9 Å². The Morgan fingerprint density at radius 1 is 1.06 bits per heavy atom. The second-order valence-corrected chi connectivity index (χ2v) is 8.91. The monoisotopic (exact) mass is 434 g/mol. The van der Waals surface area contributed by atoms with E-state index in [1.54, 1.807) is 4.90 Å². The number of carbonyl (C=O) groups excluding carboxylic acids is 2. The maximum atomic E-state index is 13.3. The van der Waals surface area contributed by atoms with Gasteiger partial charge >= 0.3 is 0 Å². The molecule has 1 heterocycles. The average Bonchev–Trinajstić information content (AvgIpc) is 3.00. The summed E-state index contributed by atoms with van der Waals surface area (Å²) in [6.45, 7) is 13.9. The number of carbonyl (C=O) groups is 2. The third kappa shape index (κ3) is 4.43. The fraction of sp³-hybridized carbons (Fsp3) is 0.407. The third-order valence-electron chi connectivity index (χ3n) is 6.05. The van der Waals surface area contributed by atoms with Gasteiger partial charge in [0.25, 0.3) is 5.91 Å². The SMILES string of the molecule is CCN(CC)c1ccc(C2C(C(=O)CC(C)C)=C(O)C(=O)N2c2ccc(C)cc2C)cc1. The molecule has 1 amide bonds. The zero-order valence-electron chi connectivity index (χ0n) is 20.0. The Hall–Kier alpha value is -3.08. The van der Waals surface area contributed by atoms with Gasteiger partial charge in [0.1, 0.15) is 0 Å². The number of hydrogen-bond donors (Lipinski definition) is 1. The average molecular weight is 435 g/mol. The summed E-state index contributed by atoms with van der Waals surface area (Å²) in [5, 5.41) is 10.8. The van der Waals surface area contributed by atoms with Gasteiger partial charge in [-0.15, -0.1) is 0 Å². The number of benzene rings is 2. The van der Waals surface area contributed by atoms with Crippen molar-refractivity contribution >= 4 is 23.1 Å². The first-order valence-corrected chi connectivity index (χ1v) is 11.4. The second kappa shape index (κ2) is 9.60. The van der Waals surface area contributed by atoms with Crippen molar-refractivity contribution in [3.8, 4) is 0 Å². The van der Waals surface area contributed by atoms with Crippen LogP contribution in [0.25, 0.3) is 0 Å². The largest absolute Gasteiger partial charge is 0.503 e. The van der Waals surface area contributed by atoms with Gasteiger partial charge < -0.3 is 10.0 Å². The summed E-state index contributed by atoms with van der Waals surface area (Å²) in [6, 6.07) is 13.2. The highest BCUT2D eigenvalue weighted by atomic mass is 16.3. The van der Waals surface area contributed by atoms with Gasteiger partial charge in [0, 0.05) is 30.9 Å². The highest BCUT2D eigenvalue weighted by molar-refractivity contribution is 6.16.